The van der Waals surface area contributed by atoms with Crippen molar-refractivity contribution in [2.24, 2.45) is 0 Å². The predicted octanol–water partition coefficient (Wildman–Crippen LogP) is 2.75. The van der Waals surface area contributed by atoms with Crippen LogP contribution in [0.5, 0.6) is 5.75 Å². The number of halogens is 1. The minimum Gasteiger partial charge on any atom is -0.507 e. The van der Waals surface area contributed by atoms with Crippen LogP contribution in [0.4, 0.5) is 4.39 Å². The summed E-state index contributed by atoms with van der Waals surface area (Å²) in [6, 6.07) is 6.38. The molecule has 3 heteroatoms. The summed E-state index contributed by atoms with van der Waals surface area (Å²) in [4.78, 5) is 0. The van der Waals surface area contributed by atoms with E-state index in [4.69, 9.17) is 0 Å². The first-order chi connectivity index (χ1) is 5.27. The Morgan fingerprint density at radius 3 is 2.91 bits per heavy atom. The van der Waals surface area contributed by atoms with Gasteiger partial charge >= 0.3 is 0 Å². The topological polar surface area (TPSA) is 20.2 Å². The zero-order chi connectivity index (χ0) is 7.84. The smallest absolute Gasteiger partial charge is 0.177 e. The minimum atomic E-state index is -0.262. The molecule has 0 aliphatic heterocycles. The number of rotatable bonds is 0. The standard InChI is InChI=1S/C8H5FOS/c9-8-4-5-6(10)2-1-3-7(5)11-8/h1-4,10H. The van der Waals surface area contributed by atoms with Gasteiger partial charge in [-0.1, -0.05) is 6.07 Å². The number of thiophene rings is 1. The van der Waals surface area contributed by atoms with E-state index in [2.05, 4.69) is 0 Å². The van der Waals surface area contributed by atoms with Crippen LogP contribution in [-0.4, -0.2) is 5.11 Å². The molecule has 1 N–H and O–H groups in total. The van der Waals surface area contributed by atoms with E-state index >= 15 is 0 Å². The van der Waals surface area contributed by atoms with Crippen LogP contribution in [0.3, 0.4) is 0 Å². The SMILES string of the molecule is Oc1cccc2sc(F)cc12. The van der Waals surface area contributed by atoms with Gasteiger partial charge in [0.2, 0.25) is 0 Å². The van der Waals surface area contributed by atoms with Crippen molar-refractivity contribution in [3.05, 3.63) is 29.4 Å². The van der Waals surface area contributed by atoms with Gasteiger partial charge in [-0.3, -0.25) is 0 Å². The van der Waals surface area contributed by atoms with Crippen molar-refractivity contribution in [1.82, 2.24) is 0 Å². The maximum atomic E-state index is 12.6. The molecular formula is C8H5FOS. The number of phenolic OH excluding ortho intramolecular Hbond substituents is 1. The third-order valence-corrected chi connectivity index (χ3v) is 2.40. The van der Waals surface area contributed by atoms with Crippen LogP contribution in [0.15, 0.2) is 24.3 Å². The van der Waals surface area contributed by atoms with Gasteiger partial charge in [-0.2, -0.15) is 4.39 Å². The van der Waals surface area contributed by atoms with E-state index < -0.39 is 0 Å². The van der Waals surface area contributed by atoms with E-state index in [0.717, 1.165) is 16.0 Å². The van der Waals surface area contributed by atoms with Crippen molar-refractivity contribution in [3.8, 4) is 5.75 Å². The lowest BCUT2D eigenvalue weighted by Gasteiger charge is -1.90. The van der Waals surface area contributed by atoms with Gasteiger partial charge < -0.3 is 5.11 Å². The first-order valence-electron chi connectivity index (χ1n) is 3.14. The molecule has 0 saturated heterocycles. The minimum absolute atomic E-state index is 0.141. The molecule has 2 aromatic rings. The summed E-state index contributed by atoms with van der Waals surface area (Å²) in [7, 11) is 0. The Bertz CT molecular complexity index is 394. The van der Waals surface area contributed by atoms with Gasteiger partial charge in [0.15, 0.2) is 5.13 Å². The summed E-state index contributed by atoms with van der Waals surface area (Å²) < 4.78 is 13.4. The van der Waals surface area contributed by atoms with Crippen LogP contribution >= 0.6 is 11.3 Å². The molecule has 0 atom stereocenters. The second-order valence-corrected chi connectivity index (χ2v) is 3.27. The summed E-state index contributed by atoms with van der Waals surface area (Å²) in [5.74, 6) is 0.141. The zero-order valence-electron chi connectivity index (χ0n) is 5.54. The first-order valence-corrected chi connectivity index (χ1v) is 3.96. The maximum Gasteiger partial charge on any atom is 0.177 e. The normalized spacial score (nSPS) is 10.6. The van der Waals surface area contributed by atoms with Gasteiger partial charge in [0.25, 0.3) is 0 Å². The van der Waals surface area contributed by atoms with E-state index in [9.17, 15) is 9.50 Å². The molecule has 11 heavy (non-hydrogen) atoms. The van der Waals surface area contributed by atoms with Crippen LogP contribution in [0.2, 0.25) is 0 Å². The predicted molar refractivity (Wildman–Crippen MR) is 43.4 cm³/mol. The van der Waals surface area contributed by atoms with Gasteiger partial charge in [0.1, 0.15) is 5.75 Å². The summed E-state index contributed by atoms with van der Waals surface area (Å²) >= 11 is 1.04. The fraction of sp³-hybridized carbons (Fsp3) is 0. The molecule has 2 rings (SSSR count). The average molecular weight is 168 g/mol. The molecule has 0 aliphatic carbocycles. The van der Waals surface area contributed by atoms with Gasteiger partial charge in [0.05, 0.1) is 0 Å². The first kappa shape index (κ1) is 6.61. The van der Waals surface area contributed by atoms with Crippen LogP contribution in [-0.2, 0) is 0 Å². The Balaban J connectivity index is 2.90. The van der Waals surface area contributed by atoms with Crippen molar-refractivity contribution in [2.45, 2.75) is 0 Å². The molecule has 1 aromatic carbocycles. The van der Waals surface area contributed by atoms with Gasteiger partial charge in [-0.15, -0.1) is 11.3 Å². The van der Waals surface area contributed by atoms with Crippen LogP contribution in [0.1, 0.15) is 0 Å². The highest BCUT2D eigenvalue weighted by Crippen LogP contribution is 2.30. The third-order valence-electron chi connectivity index (χ3n) is 1.51. The second kappa shape index (κ2) is 2.20. The number of benzene rings is 1. The summed E-state index contributed by atoms with van der Waals surface area (Å²) in [6.45, 7) is 0. The Morgan fingerprint density at radius 1 is 1.36 bits per heavy atom. The van der Waals surface area contributed by atoms with Crippen molar-refractivity contribution >= 4 is 21.4 Å². The Kier molecular flexibility index (Phi) is 1.32. The molecule has 0 radical (unpaired) electrons. The average Bonchev–Trinajstić information content (AvgIpc) is 2.31. The monoisotopic (exact) mass is 168 g/mol. The highest BCUT2D eigenvalue weighted by Gasteiger charge is 2.03. The molecule has 0 unspecified atom stereocenters. The maximum absolute atomic E-state index is 12.6. The Morgan fingerprint density at radius 2 is 2.18 bits per heavy atom. The number of aromatic hydroxyl groups is 1. The molecule has 0 fully saturated rings. The summed E-state index contributed by atoms with van der Waals surface area (Å²) in [5, 5.41) is 9.55. The van der Waals surface area contributed by atoms with Gasteiger partial charge in [-0.05, 0) is 18.2 Å². The van der Waals surface area contributed by atoms with E-state index in [-0.39, 0.29) is 10.9 Å². The fourth-order valence-corrected chi connectivity index (χ4v) is 1.82. The summed E-state index contributed by atoms with van der Waals surface area (Å²) in [6.07, 6.45) is 0. The van der Waals surface area contributed by atoms with Crippen molar-refractivity contribution in [3.63, 3.8) is 0 Å². The molecule has 1 heterocycles. The molecule has 56 valence electrons. The van der Waals surface area contributed by atoms with E-state index in [1.165, 1.54) is 6.07 Å². The van der Waals surface area contributed by atoms with E-state index in [1.54, 1.807) is 18.2 Å². The van der Waals surface area contributed by atoms with Crippen LogP contribution in [0, 0.1) is 5.13 Å². The van der Waals surface area contributed by atoms with Crippen molar-refractivity contribution in [1.29, 1.82) is 0 Å². The van der Waals surface area contributed by atoms with Crippen LogP contribution < -0.4 is 0 Å². The molecule has 0 spiro atoms. The van der Waals surface area contributed by atoms with E-state index in [0.29, 0.717) is 5.39 Å². The highest BCUT2D eigenvalue weighted by molar-refractivity contribution is 7.17. The number of hydrogen-bond acceptors (Lipinski definition) is 2. The lowest BCUT2D eigenvalue weighted by Crippen LogP contribution is -1.63. The molecular weight excluding hydrogens is 163 g/mol. The molecule has 1 nitrogen and oxygen atoms in total. The van der Waals surface area contributed by atoms with Crippen LogP contribution in [0.25, 0.3) is 10.1 Å². The van der Waals surface area contributed by atoms with Crippen molar-refractivity contribution in [2.75, 3.05) is 0 Å². The number of phenols is 1. The summed E-state index contributed by atoms with van der Waals surface area (Å²) in [5.41, 5.74) is 0. The quantitative estimate of drug-likeness (QED) is 0.641. The van der Waals surface area contributed by atoms with Gasteiger partial charge in [0, 0.05) is 10.1 Å². The third kappa shape index (κ3) is 0.973. The number of hydrogen-bond donors (Lipinski definition) is 1. The largest absolute Gasteiger partial charge is 0.507 e. The molecule has 0 amide bonds. The Labute approximate surface area is 66.7 Å². The molecule has 0 aliphatic rings. The van der Waals surface area contributed by atoms with Crippen molar-refractivity contribution < 1.29 is 9.50 Å². The van der Waals surface area contributed by atoms with E-state index in [1.807, 2.05) is 0 Å². The highest BCUT2D eigenvalue weighted by atomic mass is 32.1. The Hall–Kier alpha value is -1.09. The zero-order valence-corrected chi connectivity index (χ0v) is 6.36. The lowest BCUT2D eigenvalue weighted by atomic mass is 10.2. The fourth-order valence-electron chi connectivity index (χ4n) is 1.01. The number of fused-ring (bicyclic) bond motifs is 1. The van der Waals surface area contributed by atoms with Gasteiger partial charge in [-0.25, -0.2) is 0 Å². The second-order valence-electron chi connectivity index (χ2n) is 2.24. The molecule has 1 aromatic heterocycles. The lowest BCUT2D eigenvalue weighted by molar-refractivity contribution is 0.481. The molecule has 0 bridgehead atoms. The molecule has 0 saturated carbocycles.